The monoisotopic (exact) mass is 283 g/mol. The van der Waals surface area contributed by atoms with Gasteiger partial charge >= 0.3 is 0 Å². The fraction of sp³-hybridized carbons (Fsp3) is 0.571. The number of hydrogen-bond acceptors (Lipinski definition) is 3. The Hall–Kier alpha value is -1.07. The first-order valence-corrected chi connectivity index (χ1v) is 8.52. The van der Waals surface area contributed by atoms with E-state index in [1.807, 2.05) is 24.3 Å². The second-order valence-corrected chi connectivity index (χ2v) is 7.23. The lowest BCUT2D eigenvalue weighted by Gasteiger charge is -2.14. The normalized spacial score (nSPS) is 23.5. The molecule has 1 aliphatic rings. The van der Waals surface area contributed by atoms with Gasteiger partial charge in [-0.05, 0) is 42.9 Å². The summed E-state index contributed by atoms with van der Waals surface area (Å²) < 4.78 is 30.5. The maximum Gasteiger partial charge on any atom is 0.209 e. The van der Waals surface area contributed by atoms with Crippen LogP contribution in [0.3, 0.4) is 0 Å². The van der Waals surface area contributed by atoms with Crippen molar-refractivity contribution in [2.24, 2.45) is 5.92 Å². The fourth-order valence-electron chi connectivity index (χ4n) is 2.40. The summed E-state index contributed by atoms with van der Waals surface area (Å²) in [5, 5.41) is 0. The van der Waals surface area contributed by atoms with Gasteiger partial charge in [-0.2, -0.15) is 0 Å². The third-order valence-electron chi connectivity index (χ3n) is 3.39. The summed E-state index contributed by atoms with van der Waals surface area (Å²) >= 11 is 0. The van der Waals surface area contributed by atoms with Crippen molar-refractivity contribution in [1.29, 1.82) is 0 Å². The number of nitrogens with one attached hydrogen (secondary N) is 1. The summed E-state index contributed by atoms with van der Waals surface area (Å²) in [7, 11) is -3.16. The van der Waals surface area contributed by atoms with Gasteiger partial charge in [0.25, 0.3) is 0 Å². The highest BCUT2D eigenvalue weighted by atomic mass is 32.2. The molecule has 1 aromatic rings. The summed E-state index contributed by atoms with van der Waals surface area (Å²) in [5.74, 6) is 1.56. The van der Waals surface area contributed by atoms with E-state index >= 15 is 0 Å². The lowest BCUT2D eigenvalue weighted by atomic mass is 10.1. The SMILES string of the molecule is C[C@@H]1CCC(Oc2cccc(CNS(C)(=O)=O)c2)C1. The lowest BCUT2D eigenvalue weighted by molar-refractivity contribution is 0.205. The van der Waals surface area contributed by atoms with Crippen LogP contribution in [-0.2, 0) is 16.6 Å². The van der Waals surface area contributed by atoms with Crippen LogP contribution < -0.4 is 9.46 Å². The first-order valence-electron chi connectivity index (χ1n) is 6.62. The second-order valence-electron chi connectivity index (χ2n) is 5.40. The first kappa shape index (κ1) is 14.3. The Morgan fingerprint density at radius 2 is 2.16 bits per heavy atom. The molecule has 1 saturated carbocycles. The standard InChI is InChI=1S/C14H21NO3S/c1-11-6-7-14(8-11)18-13-5-3-4-12(9-13)10-15-19(2,16)17/h3-5,9,11,14-15H,6-8,10H2,1-2H3/t11-,14?/m1/s1. The molecule has 0 radical (unpaired) electrons. The third-order valence-corrected chi connectivity index (χ3v) is 4.06. The fourth-order valence-corrected chi connectivity index (χ4v) is 2.83. The minimum absolute atomic E-state index is 0.299. The number of ether oxygens (including phenoxy) is 1. The minimum Gasteiger partial charge on any atom is -0.490 e. The van der Waals surface area contributed by atoms with Crippen LogP contribution >= 0.6 is 0 Å². The molecule has 19 heavy (non-hydrogen) atoms. The molecule has 0 amide bonds. The number of sulfonamides is 1. The molecular formula is C14H21NO3S. The lowest BCUT2D eigenvalue weighted by Crippen LogP contribution is -2.21. The largest absolute Gasteiger partial charge is 0.490 e. The van der Waals surface area contributed by atoms with Crippen molar-refractivity contribution in [3.63, 3.8) is 0 Å². The third kappa shape index (κ3) is 4.84. The summed E-state index contributed by atoms with van der Waals surface area (Å²) in [6.07, 6.45) is 4.89. The Bertz CT molecular complexity index is 527. The van der Waals surface area contributed by atoms with Crippen LogP contribution in [-0.4, -0.2) is 20.8 Å². The van der Waals surface area contributed by atoms with Crippen molar-refractivity contribution in [2.75, 3.05) is 6.26 Å². The van der Waals surface area contributed by atoms with Crippen LogP contribution in [0.4, 0.5) is 0 Å². The zero-order valence-corrected chi connectivity index (χ0v) is 12.2. The molecule has 2 rings (SSSR count). The van der Waals surface area contributed by atoms with Gasteiger partial charge in [0.15, 0.2) is 0 Å². The summed E-state index contributed by atoms with van der Waals surface area (Å²) in [6.45, 7) is 2.55. The van der Waals surface area contributed by atoms with Gasteiger partial charge in [0.2, 0.25) is 10.0 Å². The molecule has 1 N–H and O–H groups in total. The average molecular weight is 283 g/mol. The Balaban J connectivity index is 1.95. The van der Waals surface area contributed by atoms with Crippen molar-refractivity contribution >= 4 is 10.0 Å². The molecule has 0 aromatic heterocycles. The highest BCUT2D eigenvalue weighted by Crippen LogP contribution is 2.28. The number of hydrogen-bond donors (Lipinski definition) is 1. The maximum absolute atomic E-state index is 11.1. The molecule has 0 heterocycles. The zero-order chi connectivity index (χ0) is 13.9. The Morgan fingerprint density at radius 3 is 2.79 bits per heavy atom. The van der Waals surface area contributed by atoms with Gasteiger partial charge in [0, 0.05) is 6.54 Å². The van der Waals surface area contributed by atoms with Crippen LogP contribution in [0.15, 0.2) is 24.3 Å². The van der Waals surface area contributed by atoms with Crippen LogP contribution in [0, 0.1) is 5.92 Å². The van der Waals surface area contributed by atoms with Gasteiger partial charge in [-0.25, -0.2) is 13.1 Å². The maximum atomic E-state index is 11.1. The highest BCUT2D eigenvalue weighted by molar-refractivity contribution is 7.88. The summed E-state index contributed by atoms with van der Waals surface area (Å²) in [4.78, 5) is 0. The topological polar surface area (TPSA) is 55.4 Å². The van der Waals surface area contributed by atoms with Gasteiger partial charge in [-0.1, -0.05) is 19.1 Å². The van der Waals surface area contributed by atoms with Gasteiger partial charge < -0.3 is 4.74 Å². The molecule has 1 unspecified atom stereocenters. The number of benzene rings is 1. The molecule has 1 aliphatic carbocycles. The van der Waals surface area contributed by atoms with Gasteiger partial charge in [-0.3, -0.25) is 0 Å². The van der Waals surface area contributed by atoms with E-state index in [9.17, 15) is 8.42 Å². The van der Waals surface area contributed by atoms with Crippen molar-refractivity contribution in [3.05, 3.63) is 29.8 Å². The zero-order valence-electron chi connectivity index (χ0n) is 11.4. The van der Waals surface area contributed by atoms with Crippen LogP contribution in [0.2, 0.25) is 0 Å². The molecule has 4 nitrogen and oxygen atoms in total. The highest BCUT2D eigenvalue weighted by Gasteiger charge is 2.22. The van der Waals surface area contributed by atoms with E-state index in [4.69, 9.17) is 4.74 Å². The van der Waals surface area contributed by atoms with Crippen molar-refractivity contribution < 1.29 is 13.2 Å². The van der Waals surface area contributed by atoms with E-state index < -0.39 is 10.0 Å². The van der Waals surface area contributed by atoms with E-state index in [2.05, 4.69) is 11.6 Å². The van der Waals surface area contributed by atoms with Gasteiger partial charge in [0.1, 0.15) is 5.75 Å². The van der Waals surface area contributed by atoms with Gasteiger partial charge in [0.05, 0.1) is 12.4 Å². The Morgan fingerprint density at radius 1 is 1.37 bits per heavy atom. The van der Waals surface area contributed by atoms with Gasteiger partial charge in [-0.15, -0.1) is 0 Å². The molecule has 5 heteroatoms. The molecule has 0 bridgehead atoms. The smallest absolute Gasteiger partial charge is 0.209 e. The van der Waals surface area contributed by atoms with Crippen LogP contribution in [0.5, 0.6) is 5.75 Å². The van der Waals surface area contributed by atoms with Crippen molar-refractivity contribution in [1.82, 2.24) is 4.72 Å². The molecular weight excluding hydrogens is 262 g/mol. The predicted molar refractivity (Wildman–Crippen MR) is 75.6 cm³/mol. The Labute approximate surface area is 115 Å². The second kappa shape index (κ2) is 5.92. The van der Waals surface area contributed by atoms with E-state index in [-0.39, 0.29) is 0 Å². The molecule has 1 aromatic carbocycles. The molecule has 106 valence electrons. The van der Waals surface area contributed by atoms with E-state index in [0.717, 1.165) is 36.3 Å². The molecule has 0 saturated heterocycles. The first-order chi connectivity index (χ1) is 8.92. The van der Waals surface area contributed by atoms with Crippen molar-refractivity contribution in [3.8, 4) is 5.75 Å². The Kier molecular flexibility index (Phi) is 4.47. The predicted octanol–water partition coefficient (Wildman–Crippen LogP) is 2.30. The summed E-state index contributed by atoms with van der Waals surface area (Å²) in [6, 6.07) is 7.61. The minimum atomic E-state index is -3.16. The quantitative estimate of drug-likeness (QED) is 0.902. The molecule has 2 atom stereocenters. The number of rotatable bonds is 5. The summed E-state index contributed by atoms with van der Waals surface area (Å²) in [5.41, 5.74) is 0.911. The van der Waals surface area contributed by atoms with Crippen molar-refractivity contribution in [2.45, 2.75) is 38.8 Å². The molecule has 1 fully saturated rings. The van der Waals surface area contributed by atoms with E-state index in [1.165, 1.54) is 6.42 Å². The average Bonchev–Trinajstić information content (AvgIpc) is 2.72. The van der Waals surface area contributed by atoms with E-state index in [0.29, 0.717) is 12.6 Å². The van der Waals surface area contributed by atoms with Crippen LogP contribution in [0.1, 0.15) is 31.7 Å². The molecule has 0 aliphatic heterocycles. The van der Waals surface area contributed by atoms with E-state index in [1.54, 1.807) is 0 Å². The molecule has 0 spiro atoms. The van der Waals surface area contributed by atoms with Crippen LogP contribution in [0.25, 0.3) is 0 Å².